The molecule has 0 fully saturated rings. The zero-order valence-electron chi connectivity index (χ0n) is 13.9. The van der Waals surface area contributed by atoms with E-state index in [-0.39, 0.29) is 10.7 Å². The van der Waals surface area contributed by atoms with Crippen molar-refractivity contribution in [1.29, 1.82) is 0 Å². The fourth-order valence-corrected chi connectivity index (χ4v) is 3.25. The molecule has 1 aromatic heterocycles. The van der Waals surface area contributed by atoms with Crippen LogP contribution in [-0.2, 0) is 10.0 Å². The molecule has 0 saturated heterocycles. The highest BCUT2D eigenvalue weighted by Crippen LogP contribution is 2.18. The van der Waals surface area contributed by atoms with Crippen molar-refractivity contribution >= 4 is 21.7 Å². The molecule has 23 heavy (non-hydrogen) atoms. The number of benzene rings is 1. The van der Waals surface area contributed by atoms with E-state index in [4.69, 9.17) is 0 Å². The summed E-state index contributed by atoms with van der Waals surface area (Å²) in [4.78, 5) is 2.25. The molecule has 124 valence electrons. The molecule has 0 saturated carbocycles. The highest BCUT2D eigenvalue weighted by molar-refractivity contribution is 7.92. The number of nitrogens with one attached hydrogen (secondary N) is 1. The molecule has 0 amide bonds. The first-order valence-corrected chi connectivity index (χ1v) is 9.04. The quantitative estimate of drug-likeness (QED) is 0.879. The first kappa shape index (κ1) is 17.2. The molecule has 0 aliphatic carbocycles. The topological polar surface area (TPSA) is 75.2 Å². The van der Waals surface area contributed by atoms with Gasteiger partial charge in [0, 0.05) is 13.1 Å². The second-order valence-corrected chi connectivity index (χ2v) is 6.98. The Labute approximate surface area is 137 Å². The highest BCUT2D eigenvalue weighted by atomic mass is 32.2. The van der Waals surface area contributed by atoms with Gasteiger partial charge in [-0.15, -0.1) is 10.2 Å². The molecule has 0 spiro atoms. The first-order valence-electron chi connectivity index (χ1n) is 7.56. The van der Waals surface area contributed by atoms with Crippen molar-refractivity contribution in [3.63, 3.8) is 0 Å². The second-order valence-electron chi connectivity index (χ2n) is 5.30. The van der Waals surface area contributed by atoms with Crippen LogP contribution in [0.5, 0.6) is 0 Å². The molecule has 6 nitrogen and oxygen atoms in total. The van der Waals surface area contributed by atoms with Gasteiger partial charge >= 0.3 is 0 Å². The van der Waals surface area contributed by atoms with Gasteiger partial charge in [0.25, 0.3) is 10.0 Å². The standard InChI is InChI=1S/C16H22N4O2S/c1-5-20(6-2)16-10-9-15(17-18-16)19-23(21,22)14-8-7-12(3)13(4)11-14/h7-11H,5-6H2,1-4H3,(H,17,19). The minimum absolute atomic E-state index is 0.208. The van der Waals surface area contributed by atoms with E-state index in [9.17, 15) is 8.42 Å². The normalized spacial score (nSPS) is 11.3. The van der Waals surface area contributed by atoms with Crippen molar-refractivity contribution in [2.24, 2.45) is 0 Å². The Hall–Kier alpha value is -2.15. The smallest absolute Gasteiger partial charge is 0.263 e. The Balaban J connectivity index is 2.22. The van der Waals surface area contributed by atoms with Gasteiger partial charge in [-0.05, 0) is 63.1 Å². The summed E-state index contributed by atoms with van der Waals surface area (Å²) in [6.45, 7) is 9.52. The summed E-state index contributed by atoms with van der Waals surface area (Å²) in [5, 5.41) is 8.04. The van der Waals surface area contributed by atoms with Crippen LogP contribution in [0.25, 0.3) is 0 Å². The molecule has 0 aliphatic heterocycles. The number of nitrogens with zero attached hydrogens (tertiary/aromatic N) is 3. The number of aromatic nitrogens is 2. The van der Waals surface area contributed by atoms with Gasteiger partial charge in [0.1, 0.15) is 0 Å². The van der Waals surface area contributed by atoms with Crippen molar-refractivity contribution in [2.75, 3.05) is 22.7 Å². The van der Waals surface area contributed by atoms with Crippen LogP contribution in [0, 0.1) is 13.8 Å². The summed E-state index contributed by atoms with van der Waals surface area (Å²) in [5.41, 5.74) is 1.98. The number of sulfonamides is 1. The molecule has 0 radical (unpaired) electrons. The van der Waals surface area contributed by atoms with E-state index in [2.05, 4.69) is 14.9 Å². The lowest BCUT2D eigenvalue weighted by Crippen LogP contribution is -2.23. The van der Waals surface area contributed by atoms with Crippen LogP contribution in [0.3, 0.4) is 0 Å². The largest absolute Gasteiger partial charge is 0.356 e. The molecule has 1 N–H and O–H groups in total. The highest BCUT2D eigenvalue weighted by Gasteiger charge is 2.16. The van der Waals surface area contributed by atoms with Crippen LogP contribution < -0.4 is 9.62 Å². The summed E-state index contributed by atoms with van der Waals surface area (Å²) in [6, 6.07) is 8.41. The van der Waals surface area contributed by atoms with E-state index < -0.39 is 10.0 Å². The SMILES string of the molecule is CCN(CC)c1ccc(NS(=O)(=O)c2ccc(C)c(C)c2)nn1. The third-order valence-electron chi connectivity index (χ3n) is 3.77. The van der Waals surface area contributed by atoms with Crippen LogP contribution in [0.1, 0.15) is 25.0 Å². The van der Waals surface area contributed by atoms with Gasteiger partial charge < -0.3 is 4.90 Å². The van der Waals surface area contributed by atoms with Gasteiger partial charge in [0.15, 0.2) is 11.6 Å². The minimum atomic E-state index is -3.66. The van der Waals surface area contributed by atoms with E-state index >= 15 is 0 Å². The number of rotatable bonds is 6. The zero-order chi connectivity index (χ0) is 17.0. The molecule has 7 heteroatoms. The van der Waals surface area contributed by atoms with Gasteiger partial charge in [-0.1, -0.05) is 6.07 Å². The molecule has 0 unspecified atom stereocenters. The van der Waals surface area contributed by atoms with Crippen molar-refractivity contribution in [2.45, 2.75) is 32.6 Å². The van der Waals surface area contributed by atoms with Crippen LogP contribution in [0.4, 0.5) is 11.6 Å². The first-order chi connectivity index (χ1) is 10.9. The summed E-state index contributed by atoms with van der Waals surface area (Å²) in [6.07, 6.45) is 0. The number of hydrogen-bond acceptors (Lipinski definition) is 5. The van der Waals surface area contributed by atoms with Crippen LogP contribution in [-0.4, -0.2) is 31.7 Å². The second kappa shape index (κ2) is 6.95. The molecule has 1 aromatic carbocycles. The third-order valence-corrected chi connectivity index (χ3v) is 5.12. The van der Waals surface area contributed by atoms with E-state index in [0.29, 0.717) is 0 Å². The molecular formula is C16H22N4O2S. The monoisotopic (exact) mass is 334 g/mol. The average molecular weight is 334 g/mol. The number of anilines is 2. The Morgan fingerprint density at radius 1 is 1.00 bits per heavy atom. The van der Waals surface area contributed by atoms with E-state index in [1.54, 1.807) is 30.3 Å². The predicted molar refractivity (Wildman–Crippen MR) is 92.3 cm³/mol. The molecule has 0 bridgehead atoms. The summed E-state index contributed by atoms with van der Waals surface area (Å²) >= 11 is 0. The summed E-state index contributed by atoms with van der Waals surface area (Å²) in [5.74, 6) is 0.934. The maximum atomic E-state index is 12.4. The van der Waals surface area contributed by atoms with Gasteiger partial charge in [-0.2, -0.15) is 0 Å². The zero-order valence-corrected chi connectivity index (χ0v) is 14.7. The van der Waals surface area contributed by atoms with Gasteiger partial charge in [-0.25, -0.2) is 8.42 Å². The van der Waals surface area contributed by atoms with Crippen LogP contribution >= 0.6 is 0 Å². The van der Waals surface area contributed by atoms with Gasteiger partial charge in [-0.3, -0.25) is 4.72 Å². The van der Waals surface area contributed by atoms with Crippen LogP contribution in [0.15, 0.2) is 35.2 Å². The fraction of sp³-hybridized carbons (Fsp3) is 0.375. The van der Waals surface area contributed by atoms with Crippen LogP contribution in [0.2, 0.25) is 0 Å². The number of aryl methyl sites for hydroxylation is 2. The summed E-state index contributed by atoms with van der Waals surface area (Å²) < 4.78 is 27.3. The Bertz CT molecular complexity index is 769. The van der Waals surface area contributed by atoms with Crippen molar-refractivity contribution in [3.8, 4) is 0 Å². The van der Waals surface area contributed by atoms with E-state index in [0.717, 1.165) is 30.0 Å². The van der Waals surface area contributed by atoms with Gasteiger partial charge in [0.2, 0.25) is 0 Å². The van der Waals surface area contributed by atoms with Crippen molar-refractivity contribution in [1.82, 2.24) is 10.2 Å². The number of hydrogen-bond donors (Lipinski definition) is 1. The lowest BCUT2D eigenvalue weighted by Gasteiger charge is -2.18. The predicted octanol–water partition coefficient (Wildman–Crippen LogP) is 2.74. The third kappa shape index (κ3) is 3.98. The lowest BCUT2D eigenvalue weighted by atomic mass is 10.1. The molecule has 2 aromatic rings. The Kier molecular flexibility index (Phi) is 5.20. The maximum absolute atomic E-state index is 12.4. The van der Waals surface area contributed by atoms with Gasteiger partial charge in [0.05, 0.1) is 4.90 Å². The van der Waals surface area contributed by atoms with E-state index in [1.165, 1.54) is 0 Å². The molecule has 0 atom stereocenters. The lowest BCUT2D eigenvalue weighted by molar-refractivity contribution is 0.601. The minimum Gasteiger partial charge on any atom is -0.356 e. The molecular weight excluding hydrogens is 312 g/mol. The Morgan fingerprint density at radius 3 is 2.22 bits per heavy atom. The molecule has 2 rings (SSSR count). The Morgan fingerprint density at radius 2 is 1.70 bits per heavy atom. The molecule has 1 heterocycles. The van der Waals surface area contributed by atoms with Crippen molar-refractivity contribution < 1.29 is 8.42 Å². The summed E-state index contributed by atoms with van der Waals surface area (Å²) in [7, 11) is -3.66. The fourth-order valence-electron chi connectivity index (χ4n) is 2.17. The van der Waals surface area contributed by atoms with Crippen molar-refractivity contribution in [3.05, 3.63) is 41.5 Å². The maximum Gasteiger partial charge on any atom is 0.263 e. The molecule has 0 aliphatic rings. The van der Waals surface area contributed by atoms with E-state index in [1.807, 2.05) is 32.6 Å². The average Bonchev–Trinajstić information content (AvgIpc) is 2.52.